The van der Waals surface area contributed by atoms with E-state index >= 15 is 0 Å². The van der Waals surface area contributed by atoms with E-state index < -0.39 is 18.8 Å². The number of aromatic nitrogens is 1. The summed E-state index contributed by atoms with van der Waals surface area (Å²) in [5.74, 6) is 0.0475. The predicted octanol–water partition coefficient (Wildman–Crippen LogP) is 1.94. The Morgan fingerprint density at radius 2 is 2.17 bits per heavy atom. The molecule has 24 heavy (non-hydrogen) atoms. The molecule has 1 fully saturated rings. The van der Waals surface area contributed by atoms with Gasteiger partial charge in [-0.25, -0.2) is 9.78 Å². The van der Waals surface area contributed by atoms with Crippen LogP contribution in [0.5, 0.6) is 0 Å². The molecule has 2 rings (SSSR count). The number of halogens is 3. The Morgan fingerprint density at radius 3 is 2.83 bits per heavy atom. The van der Waals surface area contributed by atoms with Gasteiger partial charge in [-0.3, -0.25) is 0 Å². The lowest BCUT2D eigenvalue weighted by atomic mass is 9.84. The Bertz CT molecular complexity index is 599. The van der Waals surface area contributed by atoms with E-state index in [0.717, 1.165) is 25.0 Å². The number of hydrogen-bond donors (Lipinski definition) is 4. The van der Waals surface area contributed by atoms with Crippen LogP contribution in [0.1, 0.15) is 37.3 Å². The third kappa shape index (κ3) is 5.87. The van der Waals surface area contributed by atoms with Gasteiger partial charge in [0.05, 0.1) is 5.69 Å². The van der Waals surface area contributed by atoms with E-state index in [2.05, 4.69) is 15.3 Å². The fourth-order valence-electron chi connectivity index (χ4n) is 2.63. The predicted molar refractivity (Wildman–Crippen MR) is 85.2 cm³/mol. The molecular formula is C13H19F3N6OS. The lowest BCUT2D eigenvalue weighted by Crippen LogP contribution is -2.46. The molecule has 0 aliphatic heterocycles. The van der Waals surface area contributed by atoms with Gasteiger partial charge >= 0.3 is 12.2 Å². The van der Waals surface area contributed by atoms with Crippen molar-refractivity contribution in [2.45, 2.75) is 43.8 Å². The smallest absolute Gasteiger partial charge is 0.370 e. The summed E-state index contributed by atoms with van der Waals surface area (Å²) < 4.78 is 36.3. The quantitative estimate of drug-likeness (QED) is 0.482. The van der Waals surface area contributed by atoms with Crippen LogP contribution in [0.2, 0.25) is 0 Å². The largest absolute Gasteiger partial charge is 0.405 e. The van der Waals surface area contributed by atoms with Gasteiger partial charge in [0.1, 0.15) is 6.54 Å². The molecule has 0 aromatic carbocycles. The van der Waals surface area contributed by atoms with Gasteiger partial charge in [0.25, 0.3) is 0 Å². The van der Waals surface area contributed by atoms with E-state index in [4.69, 9.17) is 11.5 Å². The Kier molecular flexibility index (Phi) is 5.86. The molecule has 1 aromatic heterocycles. The number of nitrogens with two attached hydrogens (primary N) is 2. The molecule has 1 aromatic rings. The monoisotopic (exact) mass is 364 g/mol. The first kappa shape index (κ1) is 18.3. The molecule has 0 saturated heterocycles. The van der Waals surface area contributed by atoms with Crippen LogP contribution >= 0.6 is 11.3 Å². The second-order valence-electron chi connectivity index (χ2n) is 5.59. The Labute approximate surface area is 140 Å². The van der Waals surface area contributed by atoms with E-state index in [-0.39, 0.29) is 17.9 Å². The van der Waals surface area contributed by atoms with Crippen LogP contribution in [0.25, 0.3) is 0 Å². The highest BCUT2D eigenvalue weighted by Crippen LogP contribution is 2.35. The van der Waals surface area contributed by atoms with Crippen molar-refractivity contribution in [1.29, 1.82) is 0 Å². The highest BCUT2D eigenvalue weighted by molar-refractivity contribution is 7.13. The second kappa shape index (κ2) is 7.69. The summed E-state index contributed by atoms with van der Waals surface area (Å²) in [4.78, 5) is 19.8. The van der Waals surface area contributed by atoms with Crippen molar-refractivity contribution in [1.82, 2.24) is 15.6 Å². The number of carbonyl (C=O) groups excluding carboxylic acids is 1. The molecule has 2 unspecified atom stereocenters. The van der Waals surface area contributed by atoms with Crippen molar-refractivity contribution in [3.05, 3.63) is 11.1 Å². The van der Waals surface area contributed by atoms with Crippen LogP contribution in [0.4, 0.5) is 23.1 Å². The van der Waals surface area contributed by atoms with E-state index in [1.807, 2.05) is 10.7 Å². The fourth-order valence-corrected chi connectivity index (χ4v) is 3.42. The molecule has 0 radical (unpaired) electrons. The number of guanidine groups is 1. The number of nitrogens with one attached hydrogen (secondary N) is 2. The van der Waals surface area contributed by atoms with Gasteiger partial charge in [0.15, 0.2) is 5.96 Å². The van der Waals surface area contributed by atoms with Gasteiger partial charge in [-0.2, -0.15) is 18.2 Å². The summed E-state index contributed by atoms with van der Waals surface area (Å²) in [6.45, 7) is -1.34. The zero-order valence-corrected chi connectivity index (χ0v) is 13.6. The standard InChI is InChI=1S/C13H19F3N6OS/c14-13(15,16)6-19-11(23)20-8-3-1-2-7(4-8)9-5-24-12(21-9)22-10(17)18/h5,7-8H,1-4,6H2,(H2,19,20,23)(H4,17,18,21,22). The summed E-state index contributed by atoms with van der Waals surface area (Å²) >= 11 is 1.31. The molecule has 7 nitrogen and oxygen atoms in total. The molecule has 134 valence electrons. The molecule has 1 saturated carbocycles. The summed E-state index contributed by atoms with van der Waals surface area (Å²) in [7, 11) is 0. The van der Waals surface area contributed by atoms with Crippen molar-refractivity contribution in [3.8, 4) is 0 Å². The van der Waals surface area contributed by atoms with Crippen LogP contribution in [-0.2, 0) is 0 Å². The maximum atomic E-state index is 12.1. The zero-order valence-electron chi connectivity index (χ0n) is 12.8. The van der Waals surface area contributed by atoms with E-state index in [1.165, 1.54) is 11.3 Å². The second-order valence-corrected chi connectivity index (χ2v) is 6.43. The normalized spacial score (nSPS) is 21.1. The van der Waals surface area contributed by atoms with Crippen molar-refractivity contribution >= 4 is 28.5 Å². The number of alkyl halides is 3. The minimum absolute atomic E-state index is 0.0691. The first-order valence-corrected chi connectivity index (χ1v) is 8.27. The molecule has 11 heteroatoms. The van der Waals surface area contributed by atoms with Crippen LogP contribution < -0.4 is 22.1 Å². The number of amides is 2. The van der Waals surface area contributed by atoms with Crippen LogP contribution in [0.3, 0.4) is 0 Å². The van der Waals surface area contributed by atoms with Crippen LogP contribution in [-0.4, -0.2) is 35.7 Å². The molecule has 1 aliphatic rings. The zero-order chi connectivity index (χ0) is 17.7. The highest BCUT2D eigenvalue weighted by atomic mass is 32.1. The van der Waals surface area contributed by atoms with Crippen LogP contribution in [0.15, 0.2) is 10.4 Å². The molecule has 0 bridgehead atoms. The van der Waals surface area contributed by atoms with Crippen LogP contribution in [0, 0.1) is 0 Å². The third-order valence-electron chi connectivity index (χ3n) is 3.61. The average Bonchev–Trinajstić information content (AvgIpc) is 2.92. The molecule has 0 spiro atoms. The number of thiazole rings is 1. The number of carbonyl (C=O) groups is 1. The lowest BCUT2D eigenvalue weighted by Gasteiger charge is -2.29. The topological polar surface area (TPSA) is 118 Å². The van der Waals surface area contributed by atoms with Crippen molar-refractivity contribution in [2.75, 3.05) is 6.54 Å². The maximum Gasteiger partial charge on any atom is 0.405 e. The minimum atomic E-state index is -4.42. The molecule has 2 amide bonds. The van der Waals surface area contributed by atoms with Crippen molar-refractivity contribution in [2.24, 2.45) is 16.5 Å². The first-order valence-electron chi connectivity index (χ1n) is 7.39. The van der Waals surface area contributed by atoms with E-state index in [0.29, 0.717) is 11.6 Å². The van der Waals surface area contributed by atoms with Crippen molar-refractivity contribution < 1.29 is 18.0 Å². The fraction of sp³-hybridized carbons (Fsp3) is 0.615. The van der Waals surface area contributed by atoms with Gasteiger partial charge in [0, 0.05) is 17.3 Å². The number of rotatable bonds is 4. The molecular weight excluding hydrogens is 345 g/mol. The van der Waals surface area contributed by atoms with E-state index in [9.17, 15) is 18.0 Å². The number of aliphatic imine (C=N–C) groups is 1. The average molecular weight is 364 g/mol. The minimum Gasteiger partial charge on any atom is -0.370 e. The number of hydrogen-bond acceptors (Lipinski definition) is 4. The van der Waals surface area contributed by atoms with E-state index in [1.54, 1.807) is 0 Å². The maximum absolute atomic E-state index is 12.1. The first-order chi connectivity index (χ1) is 11.2. The van der Waals surface area contributed by atoms with Gasteiger partial charge in [-0.05, 0) is 19.3 Å². The van der Waals surface area contributed by atoms with Crippen molar-refractivity contribution in [3.63, 3.8) is 0 Å². The highest BCUT2D eigenvalue weighted by Gasteiger charge is 2.29. The molecule has 6 N–H and O–H groups in total. The summed E-state index contributed by atoms with van der Waals surface area (Å²) in [5.41, 5.74) is 11.5. The number of nitrogens with zero attached hydrogens (tertiary/aromatic N) is 2. The van der Waals surface area contributed by atoms with Gasteiger partial charge in [0.2, 0.25) is 5.13 Å². The summed E-state index contributed by atoms with van der Waals surface area (Å²) in [6, 6.07) is -0.998. The lowest BCUT2D eigenvalue weighted by molar-refractivity contribution is -0.122. The molecule has 1 heterocycles. The van der Waals surface area contributed by atoms with Gasteiger partial charge < -0.3 is 22.1 Å². The SMILES string of the molecule is NC(N)=Nc1nc(C2CCCC(NC(=O)NCC(F)(F)F)C2)cs1. The molecule has 1 aliphatic carbocycles. The summed E-state index contributed by atoms with van der Waals surface area (Å²) in [5, 5.41) is 6.73. The van der Waals surface area contributed by atoms with Gasteiger partial charge in [-0.15, -0.1) is 11.3 Å². The number of urea groups is 1. The van der Waals surface area contributed by atoms with Gasteiger partial charge in [-0.1, -0.05) is 6.42 Å². The third-order valence-corrected chi connectivity index (χ3v) is 4.36. The summed E-state index contributed by atoms with van der Waals surface area (Å²) in [6.07, 6.45) is -1.34. The Hall–Kier alpha value is -2.04. The molecule has 2 atom stereocenters. The Morgan fingerprint density at radius 1 is 1.42 bits per heavy atom. The Balaban J connectivity index is 1.88.